The van der Waals surface area contributed by atoms with Crippen molar-refractivity contribution in [1.29, 1.82) is 0 Å². The van der Waals surface area contributed by atoms with Crippen LogP contribution < -0.4 is 11.2 Å². The molecule has 26 heavy (non-hydrogen) atoms. The Labute approximate surface area is 149 Å². The Hall–Kier alpha value is -3.25. The number of nitrogens with one attached hydrogen (secondary N) is 1. The van der Waals surface area contributed by atoms with Gasteiger partial charge in [-0.25, -0.2) is 4.79 Å². The molecule has 0 saturated carbocycles. The summed E-state index contributed by atoms with van der Waals surface area (Å²) in [5.41, 5.74) is -0.649. The number of fused-ring (bicyclic) bond motifs is 1. The van der Waals surface area contributed by atoms with E-state index in [0.717, 1.165) is 15.3 Å². The van der Waals surface area contributed by atoms with Crippen molar-refractivity contribution in [2.24, 2.45) is 0 Å². The van der Waals surface area contributed by atoms with Gasteiger partial charge in [-0.15, -0.1) is 6.58 Å². The topological polar surface area (TPSA) is 81.2 Å². The van der Waals surface area contributed by atoms with E-state index in [1.807, 2.05) is 30.3 Å². The number of hydrogen-bond donors (Lipinski definition) is 1. The van der Waals surface area contributed by atoms with E-state index in [-0.39, 0.29) is 24.6 Å². The molecule has 0 bridgehead atoms. The minimum absolute atomic E-state index is 0.0270. The Balaban J connectivity index is 2.21. The number of carbonyl (C=O) groups is 1. The van der Waals surface area contributed by atoms with Crippen LogP contribution >= 0.6 is 0 Å². The second-order valence-electron chi connectivity index (χ2n) is 5.81. The van der Waals surface area contributed by atoms with Crippen LogP contribution in [0.15, 0.2) is 64.7 Å². The van der Waals surface area contributed by atoms with Gasteiger partial charge in [-0.1, -0.05) is 48.5 Å². The number of aromatic amines is 1. The van der Waals surface area contributed by atoms with Gasteiger partial charge < -0.3 is 4.74 Å². The van der Waals surface area contributed by atoms with Crippen molar-refractivity contribution >= 4 is 16.6 Å². The Kier molecular flexibility index (Phi) is 4.95. The number of ketones is 1. The van der Waals surface area contributed by atoms with E-state index < -0.39 is 17.0 Å². The van der Waals surface area contributed by atoms with Gasteiger partial charge in [0, 0.05) is 11.1 Å². The van der Waals surface area contributed by atoms with Crippen molar-refractivity contribution in [3.8, 4) is 0 Å². The zero-order valence-electron chi connectivity index (χ0n) is 14.3. The van der Waals surface area contributed by atoms with Crippen molar-refractivity contribution in [2.75, 3.05) is 6.61 Å². The smallest absolute Gasteiger partial charge is 0.330 e. The molecule has 0 aliphatic carbocycles. The maximum absolute atomic E-state index is 13.3. The van der Waals surface area contributed by atoms with Gasteiger partial charge in [-0.05, 0) is 17.7 Å². The molecule has 1 heterocycles. The predicted molar refractivity (Wildman–Crippen MR) is 99.6 cm³/mol. The summed E-state index contributed by atoms with van der Waals surface area (Å²) in [6, 6.07) is 12.8. The van der Waals surface area contributed by atoms with Gasteiger partial charge >= 0.3 is 5.69 Å². The maximum Gasteiger partial charge on any atom is 0.330 e. The molecule has 0 unspecified atom stereocenters. The second-order valence-corrected chi connectivity index (χ2v) is 5.81. The molecule has 132 valence electrons. The molecule has 0 spiro atoms. The molecule has 0 aliphatic heterocycles. The second kappa shape index (κ2) is 7.33. The zero-order chi connectivity index (χ0) is 18.7. The van der Waals surface area contributed by atoms with Gasteiger partial charge in [0.1, 0.15) is 12.4 Å². The zero-order valence-corrected chi connectivity index (χ0v) is 14.3. The molecule has 1 N–H and O–H groups in total. The Bertz CT molecular complexity index is 1100. The Morgan fingerprint density at radius 2 is 1.92 bits per heavy atom. The van der Waals surface area contributed by atoms with Crippen molar-refractivity contribution in [2.45, 2.75) is 13.7 Å². The lowest BCUT2D eigenvalue weighted by Crippen LogP contribution is -2.37. The molecular formula is C20H18N2O4. The highest BCUT2D eigenvalue weighted by Crippen LogP contribution is 2.21. The van der Waals surface area contributed by atoms with E-state index in [0.29, 0.717) is 5.56 Å². The molecule has 3 aromatic rings. The summed E-state index contributed by atoms with van der Waals surface area (Å²) >= 11 is 0. The first-order chi connectivity index (χ1) is 12.5. The molecule has 1 aromatic heterocycles. The fourth-order valence-electron chi connectivity index (χ4n) is 2.86. The lowest BCUT2D eigenvalue weighted by molar-refractivity contribution is 0.0874. The molecule has 6 nitrogen and oxygen atoms in total. The highest BCUT2D eigenvalue weighted by Gasteiger charge is 2.21. The van der Waals surface area contributed by atoms with Gasteiger partial charge in [0.2, 0.25) is 5.78 Å². The van der Waals surface area contributed by atoms with Gasteiger partial charge in [0.25, 0.3) is 5.56 Å². The molecule has 3 rings (SSSR count). The largest absolute Gasteiger partial charge is 0.357 e. The van der Waals surface area contributed by atoms with E-state index in [1.165, 1.54) is 13.0 Å². The van der Waals surface area contributed by atoms with Crippen LogP contribution in [0.1, 0.15) is 21.6 Å². The van der Waals surface area contributed by atoms with Gasteiger partial charge in [-0.2, -0.15) is 0 Å². The summed E-state index contributed by atoms with van der Waals surface area (Å²) in [6.45, 7) is 5.12. The monoisotopic (exact) mass is 350 g/mol. The number of ether oxygens (including phenoxy) is 1. The first kappa shape index (κ1) is 17.6. The van der Waals surface area contributed by atoms with Crippen molar-refractivity contribution in [3.05, 3.63) is 92.8 Å². The van der Waals surface area contributed by atoms with Crippen LogP contribution in [0, 0.1) is 6.92 Å². The van der Waals surface area contributed by atoms with Gasteiger partial charge in [-0.3, -0.25) is 19.1 Å². The van der Waals surface area contributed by atoms with Crippen LogP contribution in [0.3, 0.4) is 0 Å². The first-order valence-electron chi connectivity index (χ1n) is 8.09. The quantitative estimate of drug-likeness (QED) is 0.420. The van der Waals surface area contributed by atoms with Crippen LogP contribution in [0.25, 0.3) is 10.8 Å². The summed E-state index contributed by atoms with van der Waals surface area (Å²) in [5.74, 6) is -0.398. The van der Waals surface area contributed by atoms with Crippen molar-refractivity contribution in [3.63, 3.8) is 0 Å². The standard InChI is InChI=1S/C20H18N2O4/c1-3-11-26-12-22-17(13(2)19(24)21-20(22)25)18(23)16-10-6-8-14-7-4-5-9-15(14)16/h3-10H,1,11-12H2,2H3,(H,21,24,25). The lowest BCUT2D eigenvalue weighted by atomic mass is 9.98. The lowest BCUT2D eigenvalue weighted by Gasteiger charge is -2.14. The van der Waals surface area contributed by atoms with Crippen LogP contribution in [0.2, 0.25) is 0 Å². The molecule has 0 amide bonds. The highest BCUT2D eigenvalue weighted by atomic mass is 16.5. The molecule has 2 aromatic carbocycles. The van der Waals surface area contributed by atoms with Crippen LogP contribution in [0.4, 0.5) is 0 Å². The van der Waals surface area contributed by atoms with Crippen LogP contribution in [-0.4, -0.2) is 21.9 Å². The van der Waals surface area contributed by atoms with E-state index in [9.17, 15) is 14.4 Å². The molecule has 0 saturated heterocycles. The minimum atomic E-state index is -0.687. The van der Waals surface area contributed by atoms with E-state index in [4.69, 9.17) is 4.74 Å². The van der Waals surface area contributed by atoms with Crippen LogP contribution in [-0.2, 0) is 11.5 Å². The fourth-order valence-corrected chi connectivity index (χ4v) is 2.86. The third-order valence-electron chi connectivity index (χ3n) is 4.14. The molecule has 6 heteroatoms. The molecule has 0 radical (unpaired) electrons. The molecular weight excluding hydrogens is 332 g/mol. The SMILES string of the molecule is C=CCOCn1c(C(=O)c2cccc3ccccc23)c(C)c(=O)[nH]c1=O. The van der Waals surface area contributed by atoms with E-state index >= 15 is 0 Å². The Morgan fingerprint density at radius 3 is 2.69 bits per heavy atom. The number of aromatic nitrogens is 2. The number of rotatable bonds is 6. The number of benzene rings is 2. The summed E-state index contributed by atoms with van der Waals surface area (Å²) in [4.78, 5) is 39.8. The summed E-state index contributed by atoms with van der Waals surface area (Å²) < 4.78 is 6.47. The fraction of sp³-hybridized carbons (Fsp3) is 0.150. The maximum atomic E-state index is 13.3. The third kappa shape index (κ3) is 3.14. The van der Waals surface area contributed by atoms with Gasteiger partial charge in [0.15, 0.2) is 0 Å². The number of hydrogen-bond acceptors (Lipinski definition) is 4. The Morgan fingerprint density at radius 1 is 1.19 bits per heavy atom. The highest BCUT2D eigenvalue weighted by molar-refractivity contribution is 6.16. The first-order valence-corrected chi connectivity index (χ1v) is 8.09. The van der Waals surface area contributed by atoms with E-state index in [1.54, 1.807) is 12.1 Å². The van der Waals surface area contributed by atoms with Crippen molar-refractivity contribution < 1.29 is 9.53 Å². The number of H-pyrrole nitrogens is 1. The van der Waals surface area contributed by atoms with E-state index in [2.05, 4.69) is 11.6 Å². The predicted octanol–water partition coefficient (Wildman–Crippen LogP) is 2.39. The average Bonchev–Trinajstić information content (AvgIpc) is 2.65. The third-order valence-corrected chi connectivity index (χ3v) is 4.14. The number of carbonyl (C=O) groups excluding carboxylic acids is 1. The molecule has 0 atom stereocenters. The number of nitrogens with zero attached hydrogens (tertiary/aromatic N) is 1. The molecule has 0 fully saturated rings. The van der Waals surface area contributed by atoms with Gasteiger partial charge in [0.05, 0.1) is 6.61 Å². The normalized spacial score (nSPS) is 10.8. The van der Waals surface area contributed by atoms with Crippen molar-refractivity contribution in [1.82, 2.24) is 9.55 Å². The molecule has 0 aliphatic rings. The summed E-state index contributed by atoms with van der Waals surface area (Å²) in [7, 11) is 0. The minimum Gasteiger partial charge on any atom is -0.357 e. The average molecular weight is 350 g/mol. The summed E-state index contributed by atoms with van der Waals surface area (Å²) in [6.07, 6.45) is 1.54. The van der Waals surface area contributed by atoms with Crippen LogP contribution in [0.5, 0.6) is 0 Å². The summed E-state index contributed by atoms with van der Waals surface area (Å²) in [5, 5.41) is 1.66.